The first-order valence-corrected chi connectivity index (χ1v) is 13.4. The van der Waals surface area contributed by atoms with Gasteiger partial charge in [0.15, 0.2) is 5.16 Å². The predicted octanol–water partition coefficient (Wildman–Crippen LogP) is 5.13. The third-order valence-electron chi connectivity index (χ3n) is 5.86. The number of anilines is 1. The maximum atomic E-state index is 12.2. The van der Waals surface area contributed by atoms with E-state index in [1.165, 1.54) is 5.56 Å². The Bertz CT molecular complexity index is 1100. The summed E-state index contributed by atoms with van der Waals surface area (Å²) < 4.78 is 0. The Kier molecular flexibility index (Phi) is 9.01. The molecule has 0 saturated carbocycles. The molecule has 1 fully saturated rings. The molecule has 2 aromatic carbocycles. The van der Waals surface area contributed by atoms with Gasteiger partial charge in [-0.1, -0.05) is 79.7 Å². The Morgan fingerprint density at radius 2 is 1.71 bits per heavy atom. The zero-order valence-electron chi connectivity index (χ0n) is 20.3. The summed E-state index contributed by atoms with van der Waals surface area (Å²) in [4.78, 5) is 26.2. The number of thioether (sulfide) groups is 1. The molecule has 1 aliphatic rings. The van der Waals surface area contributed by atoms with E-state index in [-0.39, 0.29) is 5.91 Å². The minimum Gasteiger partial charge on any atom is -0.354 e. The van der Waals surface area contributed by atoms with Gasteiger partial charge in [0.25, 0.3) is 5.91 Å². The number of benzene rings is 2. The van der Waals surface area contributed by atoms with Gasteiger partial charge in [0.05, 0.1) is 0 Å². The number of rotatable bonds is 9. The fourth-order valence-corrected chi connectivity index (χ4v) is 4.92. The topological polar surface area (TPSA) is 61.4 Å². The number of carbonyl (C=O) groups is 1. The predicted molar refractivity (Wildman–Crippen MR) is 144 cm³/mol. The van der Waals surface area contributed by atoms with Crippen LogP contribution in [0.4, 0.5) is 5.82 Å². The average molecular weight is 510 g/mol. The van der Waals surface area contributed by atoms with Gasteiger partial charge in [0, 0.05) is 56.7 Å². The van der Waals surface area contributed by atoms with Gasteiger partial charge in [-0.05, 0) is 29.2 Å². The molecule has 184 valence electrons. The van der Waals surface area contributed by atoms with Crippen molar-refractivity contribution < 1.29 is 4.79 Å². The summed E-state index contributed by atoms with van der Waals surface area (Å²) >= 11 is 7.90. The molecule has 0 aliphatic carbocycles. The minimum atomic E-state index is -0.0374. The summed E-state index contributed by atoms with van der Waals surface area (Å²) in [5.41, 5.74) is 3.12. The Morgan fingerprint density at radius 3 is 2.40 bits per heavy atom. The first kappa shape index (κ1) is 25.5. The van der Waals surface area contributed by atoms with Crippen molar-refractivity contribution in [3.8, 4) is 0 Å². The lowest BCUT2D eigenvalue weighted by Crippen LogP contribution is -2.46. The van der Waals surface area contributed by atoms with Gasteiger partial charge in [-0.3, -0.25) is 9.69 Å². The molecule has 1 aliphatic heterocycles. The number of hydrogen-bond donors (Lipinski definition) is 1. The van der Waals surface area contributed by atoms with Crippen LogP contribution in [0.5, 0.6) is 0 Å². The van der Waals surface area contributed by atoms with Crippen molar-refractivity contribution in [2.45, 2.75) is 31.3 Å². The van der Waals surface area contributed by atoms with Crippen LogP contribution in [0, 0.1) is 5.92 Å². The summed E-state index contributed by atoms with van der Waals surface area (Å²) in [5, 5.41) is 4.07. The zero-order chi connectivity index (χ0) is 24.6. The molecule has 2 heterocycles. The Hall–Kier alpha value is -2.61. The molecule has 4 rings (SSSR count). The van der Waals surface area contributed by atoms with Gasteiger partial charge in [0.1, 0.15) is 11.0 Å². The highest BCUT2D eigenvalue weighted by atomic mass is 35.5. The third-order valence-corrected chi connectivity index (χ3v) is 6.97. The maximum absolute atomic E-state index is 12.2. The van der Waals surface area contributed by atoms with E-state index in [0.717, 1.165) is 44.1 Å². The Labute approximate surface area is 217 Å². The van der Waals surface area contributed by atoms with Crippen LogP contribution in [0.1, 0.15) is 35.3 Å². The highest BCUT2D eigenvalue weighted by Gasteiger charge is 2.19. The molecule has 1 N–H and O–H groups in total. The molecule has 3 aromatic rings. The van der Waals surface area contributed by atoms with Crippen molar-refractivity contribution in [3.05, 3.63) is 82.5 Å². The lowest BCUT2D eigenvalue weighted by molar-refractivity contribution is 0.0949. The molecule has 35 heavy (non-hydrogen) atoms. The van der Waals surface area contributed by atoms with E-state index < -0.39 is 0 Å². The van der Waals surface area contributed by atoms with Crippen molar-refractivity contribution in [1.29, 1.82) is 0 Å². The number of aromatic nitrogens is 2. The molecule has 1 saturated heterocycles. The minimum absolute atomic E-state index is 0.0374. The van der Waals surface area contributed by atoms with Crippen LogP contribution >= 0.6 is 23.4 Å². The van der Waals surface area contributed by atoms with E-state index in [0.29, 0.717) is 34.1 Å². The second kappa shape index (κ2) is 12.4. The van der Waals surface area contributed by atoms with E-state index in [4.69, 9.17) is 16.6 Å². The Balaban J connectivity index is 1.30. The van der Waals surface area contributed by atoms with Crippen molar-refractivity contribution in [3.63, 3.8) is 0 Å². The van der Waals surface area contributed by atoms with Gasteiger partial charge in [-0.15, -0.1) is 0 Å². The maximum Gasteiger partial charge on any atom is 0.251 e. The summed E-state index contributed by atoms with van der Waals surface area (Å²) in [6.07, 6.45) is 0. The van der Waals surface area contributed by atoms with Crippen LogP contribution in [0.3, 0.4) is 0 Å². The van der Waals surface area contributed by atoms with Crippen LogP contribution in [-0.2, 0) is 12.3 Å². The van der Waals surface area contributed by atoms with Crippen molar-refractivity contribution in [1.82, 2.24) is 20.2 Å². The summed E-state index contributed by atoms with van der Waals surface area (Å²) in [7, 11) is 0. The number of halogens is 1. The average Bonchev–Trinajstić information content (AvgIpc) is 2.87. The summed E-state index contributed by atoms with van der Waals surface area (Å²) in [5.74, 6) is 1.97. The van der Waals surface area contributed by atoms with Gasteiger partial charge >= 0.3 is 0 Å². The van der Waals surface area contributed by atoms with Crippen LogP contribution in [0.2, 0.25) is 5.15 Å². The highest BCUT2D eigenvalue weighted by molar-refractivity contribution is 7.98. The molecule has 1 aromatic heterocycles. The molecule has 0 unspecified atom stereocenters. The summed E-state index contributed by atoms with van der Waals surface area (Å²) in [6, 6.07) is 20.1. The number of nitrogens with one attached hydrogen (secondary N) is 1. The van der Waals surface area contributed by atoms with Crippen molar-refractivity contribution in [2.24, 2.45) is 5.92 Å². The largest absolute Gasteiger partial charge is 0.354 e. The van der Waals surface area contributed by atoms with Gasteiger partial charge in [0.2, 0.25) is 0 Å². The van der Waals surface area contributed by atoms with E-state index in [1.54, 1.807) is 11.8 Å². The van der Waals surface area contributed by atoms with Crippen LogP contribution in [-0.4, -0.2) is 53.5 Å². The first-order chi connectivity index (χ1) is 17.0. The monoisotopic (exact) mass is 509 g/mol. The molecule has 0 radical (unpaired) electrons. The quantitative estimate of drug-likeness (QED) is 0.245. The van der Waals surface area contributed by atoms with E-state index in [2.05, 4.69) is 64.3 Å². The van der Waals surface area contributed by atoms with Gasteiger partial charge in [-0.25, -0.2) is 9.97 Å². The fraction of sp³-hybridized carbons (Fsp3) is 0.370. The van der Waals surface area contributed by atoms with Gasteiger partial charge in [-0.2, -0.15) is 0 Å². The van der Waals surface area contributed by atoms with E-state index in [9.17, 15) is 4.79 Å². The molecular formula is C27H32ClN5OS. The van der Waals surface area contributed by atoms with Crippen LogP contribution in [0.15, 0.2) is 65.8 Å². The van der Waals surface area contributed by atoms with E-state index in [1.807, 2.05) is 30.3 Å². The summed E-state index contributed by atoms with van der Waals surface area (Å²) in [6.45, 7) is 9.58. The highest BCUT2D eigenvalue weighted by Crippen LogP contribution is 2.25. The molecule has 0 atom stereocenters. The number of nitrogens with zero attached hydrogens (tertiary/aromatic N) is 4. The zero-order valence-corrected chi connectivity index (χ0v) is 21.9. The molecule has 8 heteroatoms. The van der Waals surface area contributed by atoms with Gasteiger partial charge < -0.3 is 10.2 Å². The second-order valence-electron chi connectivity index (χ2n) is 9.17. The smallest absolute Gasteiger partial charge is 0.251 e. The number of hydrogen-bond acceptors (Lipinski definition) is 6. The number of piperazine rings is 1. The third kappa shape index (κ3) is 7.69. The van der Waals surface area contributed by atoms with Crippen molar-refractivity contribution in [2.75, 3.05) is 37.6 Å². The van der Waals surface area contributed by atoms with Crippen molar-refractivity contribution >= 4 is 35.1 Å². The number of carbonyl (C=O) groups excluding carboxylic acids is 1. The van der Waals surface area contributed by atoms with E-state index >= 15 is 0 Å². The molecule has 0 spiro atoms. The standard InChI is InChI=1S/C27H32ClN5OS/c1-20(2)17-29-26(34)23-10-8-22(9-11-23)19-35-27-30-24(28)16-25(31-27)33-14-12-32(13-15-33)18-21-6-4-3-5-7-21/h3-11,16,20H,12-15,17-19H2,1-2H3,(H,29,34). The lowest BCUT2D eigenvalue weighted by Gasteiger charge is -2.35. The Morgan fingerprint density at radius 1 is 1.00 bits per heavy atom. The molecule has 0 bridgehead atoms. The normalized spacial score (nSPS) is 14.3. The SMILES string of the molecule is CC(C)CNC(=O)c1ccc(CSc2nc(Cl)cc(N3CCN(Cc4ccccc4)CC3)n2)cc1. The fourth-order valence-electron chi connectivity index (χ4n) is 3.89. The second-order valence-corrected chi connectivity index (χ2v) is 10.5. The first-order valence-electron chi connectivity index (χ1n) is 12.0. The molecule has 6 nitrogen and oxygen atoms in total. The van der Waals surface area contributed by atoms with Crippen LogP contribution in [0.25, 0.3) is 0 Å². The lowest BCUT2D eigenvalue weighted by atomic mass is 10.1. The number of amides is 1. The van der Waals surface area contributed by atoms with Crippen LogP contribution < -0.4 is 10.2 Å². The molecular weight excluding hydrogens is 478 g/mol. The molecule has 1 amide bonds.